The number of nitrogens with zero attached hydrogens (tertiary/aromatic N) is 2. The third-order valence-corrected chi connectivity index (χ3v) is 2.67. The maximum absolute atomic E-state index is 13.2. The van der Waals surface area contributed by atoms with Crippen molar-refractivity contribution in [2.45, 2.75) is 0 Å². The number of carbonyl (C=O) groups is 2. The van der Waals surface area contributed by atoms with Gasteiger partial charge in [0.15, 0.2) is 0 Å². The van der Waals surface area contributed by atoms with E-state index in [1.807, 2.05) is 0 Å². The van der Waals surface area contributed by atoms with Crippen molar-refractivity contribution in [2.24, 2.45) is 0 Å². The molecular formula is C12H7FN2O6. The molecule has 0 aromatic carbocycles. The molecule has 0 amide bonds. The highest BCUT2D eigenvalue weighted by Gasteiger charge is 2.33. The summed E-state index contributed by atoms with van der Waals surface area (Å²) in [6.07, 6.45) is 4.17. The Morgan fingerprint density at radius 1 is 1.29 bits per heavy atom. The molecule has 1 heterocycles. The summed E-state index contributed by atoms with van der Waals surface area (Å²) in [4.78, 5) is 32.3. The molecule has 0 bridgehead atoms. The number of allylic oxidation sites excluding steroid dienone is 6. The van der Waals surface area contributed by atoms with Crippen LogP contribution < -0.4 is 0 Å². The van der Waals surface area contributed by atoms with Gasteiger partial charge in [0, 0.05) is 35.6 Å². The summed E-state index contributed by atoms with van der Waals surface area (Å²) in [7, 11) is 0. The molecule has 108 valence electrons. The zero-order valence-corrected chi connectivity index (χ0v) is 10.2. The van der Waals surface area contributed by atoms with E-state index in [-0.39, 0.29) is 16.2 Å². The maximum atomic E-state index is 13.2. The topological polar surface area (TPSA) is 121 Å². The monoisotopic (exact) mass is 294 g/mol. The van der Waals surface area contributed by atoms with Crippen molar-refractivity contribution >= 4 is 11.6 Å². The molecule has 9 heteroatoms. The number of rotatable bonds is 2. The summed E-state index contributed by atoms with van der Waals surface area (Å²) < 4.78 is 13.2. The SMILES string of the molecule is O=C1C=C(C(O)=C2C=CN(O)C(F)=C2)C=C([N+](=O)[O-])C1=O. The first-order valence-corrected chi connectivity index (χ1v) is 5.45. The number of Topliss-reactive ketones (excluding diaryl/α,β-unsaturated/α-hetero) is 1. The summed E-state index contributed by atoms with van der Waals surface area (Å²) >= 11 is 0. The van der Waals surface area contributed by atoms with Gasteiger partial charge in [-0.2, -0.15) is 4.39 Å². The van der Waals surface area contributed by atoms with Crippen molar-refractivity contribution in [1.82, 2.24) is 5.06 Å². The van der Waals surface area contributed by atoms with E-state index in [4.69, 9.17) is 5.21 Å². The van der Waals surface area contributed by atoms with Gasteiger partial charge < -0.3 is 5.11 Å². The fraction of sp³-hybridized carbons (Fsp3) is 0. The second kappa shape index (κ2) is 5.13. The molecule has 0 atom stereocenters. The molecular weight excluding hydrogens is 287 g/mol. The maximum Gasteiger partial charge on any atom is 0.321 e. The summed E-state index contributed by atoms with van der Waals surface area (Å²) in [5.74, 6) is -4.21. The number of hydrogen-bond acceptors (Lipinski definition) is 7. The Hall–Kier alpha value is -3.07. The molecule has 1 aliphatic carbocycles. The molecule has 2 aliphatic rings. The summed E-state index contributed by atoms with van der Waals surface area (Å²) in [5, 5.41) is 29.7. The lowest BCUT2D eigenvalue weighted by atomic mass is 9.98. The van der Waals surface area contributed by atoms with E-state index >= 15 is 0 Å². The Morgan fingerprint density at radius 3 is 2.52 bits per heavy atom. The number of nitro groups is 1. The second-order valence-electron chi connectivity index (χ2n) is 4.01. The van der Waals surface area contributed by atoms with Crippen molar-refractivity contribution in [1.29, 1.82) is 0 Å². The lowest BCUT2D eigenvalue weighted by Crippen LogP contribution is -2.23. The standard InChI is InChI=1S/C12H7FN2O6/c13-10-5-6(1-2-14(10)19)11(17)7-3-8(15(20)21)12(18)9(16)4-7/h1-5,17,19H. The van der Waals surface area contributed by atoms with Crippen molar-refractivity contribution < 1.29 is 29.2 Å². The van der Waals surface area contributed by atoms with Crippen LogP contribution in [-0.2, 0) is 9.59 Å². The Kier molecular flexibility index (Phi) is 3.51. The zero-order valence-electron chi connectivity index (χ0n) is 10.2. The van der Waals surface area contributed by atoms with Gasteiger partial charge >= 0.3 is 11.5 Å². The Balaban J connectivity index is 2.49. The number of aliphatic hydroxyl groups excluding tert-OH is 1. The molecule has 1 aliphatic heterocycles. The van der Waals surface area contributed by atoms with Crippen LogP contribution in [0.25, 0.3) is 0 Å². The quantitative estimate of drug-likeness (QED) is 0.195. The molecule has 0 aromatic rings. The highest BCUT2D eigenvalue weighted by molar-refractivity contribution is 6.47. The van der Waals surface area contributed by atoms with Gasteiger partial charge in [-0.05, 0) is 6.08 Å². The highest BCUT2D eigenvalue weighted by Crippen LogP contribution is 2.25. The normalized spacial score (nSPS) is 20.9. The van der Waals surface area contributed by atoms with E-state index in [1.165, 1.54) is 0 Å². The molecule has 21 heavy (non-hydrogen) atoms. The first-order chi connectivity index (χ1) is 9.81. The summed E-state index contributed by atoms with van der Waals surface area (Å²) in [5.41, 5.74) is -1.43. The molecule has 0 fully saturated rings. The van der Waals surface area contributed by atoms with Gasteiger partial charge in [-0.15, -0.1) is 0 Å². The lowest BCUT2D eigenvalue weighted by Gasteiger charge is -2.15. The third-order valence-electron chi connectivity index (χ3n) is 2.67. The largest absolute Gasteiger partial charge is 0.507 e. The van der Waals surface area contributed by atoms with E-state index < -0.39 is 33.9 Å². The fourth-order valence-corrected chi connectivity index (χ4v) is 1.64. The summed E-state index contributed by atoms with van der Waals surface area (Å²) in [6, 6.07) is 0. The minimum atomic E-state index is -1.30. The van der Waals surface area contributed by atoms with Crippen LogP contribution in [0.1, 0.15) is 0 Å². The van der Waals surface area contributed by atoms with Crippen LogP contribution >= 0.6 is 0 Å². The number of halogens is 1. The molecule has 8 nitrogen and oxygen atoms in total. The Morgan fingerprint density at radius 2 is 1.95 bits per heavy atom. The van der Waals surface area contributed by atoms with E-state index in [9.17, 15) is 29.2 Å². The minimum absolute atomic E-state index is 0.134. The molecule has 2 N–H and O–H groups in total. The van der Waals surface area contributed by atoms with E-state index in [1.54, 1.807) is 0 Å². The number of hydroxylamine groups is 2. The van der Waals surface area contributed by atoms with Crippen molar-refractivity contribution in [3.8, 4) is 0 Å². The molecule has 0 unspecified atom stereocenters. The number of aliphatic hydroxyl groups is 1. The van der Waals surface area contributed by atoms with E-state index in [0.29, 0.717) is 6.08 Å². The van der Waals surface area contributed by atoms with Crippen LogP contribution in [0.15, 0.2) is 59.1 Å². The van der Waals surface area contributed by atoms with Crippen LogP contribution in [0.4, 0.5) is 4.39 Å². The Bertz CT molecular complexity index is 713. The fourth-order valence-electron chi connectivity index (χ4n) is 1.64. The van der Waals surface area contributed by atoms with Crippen molar-refractivity contribution in [2.75, 3.05) is 0 Å². The first-order valence-electron chi connectivity index (χ1n) is 5.45. The smallest absolute Gasteiger partial charge is 0.321 e. The zero-order chi connectivity index (χ0) is 15.7. The minimum Gasteiger partial charge on any atom is -0.507 e. The van der Waals surface area contributed by atoms with Crippen LogP contribution in [0.2, 0.25) is 0 Å². The Labute approximate surface area is 116 Å². The van der Waals surface area contributed by atoms with Crippen LogP contribution in [0.3, 0.4) is 0 Å². The average Bonchev–Trinajstić information content (AvgIpc) is 2.43. The van der Waals surface area contributed by atoms with Gasteiger partial charge in [0.25, 0.3) is 0 Å². The molecule has 0 saturated heterocycles. The van der Waals surface area contributed by atoms with Gasteiger partial charge in [0.05, 0.1) is 4.92 Å². The third kappa shape index (κ3) is 2.62. The molecule has 2 rings (SSSR count). The van der Waals surface area contributed by atoms with Gasteiger partial charge in [-0.1, -0.05) is 0 Å². The summed E-state index contributed by atoms with van der Waals surface area (Å²) in [6.45, 7) is 0. The van der Waals surface area contributed by atoms with Gasteiger partial charge in [0.2, 0.25) is 11.7 Å². The lowest BCUT2D eigenvalue weighted by molar-refractivity contribution is -0.418. The van der Waals surface area contributed by atoms with Crippen molar-refractivity contribution in [3.63, 3.8) is 0 Å². The van der Waals surface area contributed by atoms with Crippen LogP contribution in [-0.4, -0.2) is 31.9 Å². The molecule has 0 aromatic heterocycles. The van der Waals surface area contributed by atoms with Crippen molar-refractivity contribution in [3.05, 3.63) is 69.2 Å². The van der Waals surface area contributed by atoms with Gasteiger partial charge in [0.1, 0.15) is 5.76 Å². The predicted molar refractivity (Wildman–Crippen MR) is 64.8 cm³/mol. The first kappa shape index (κ1) is 14.3. The second-order valence-corrected chi connectivity index (χ2v) is 4.01. The molecule has 0 saturated carbocycles. The predicted octanol–water partition coefficient (Wildman–Crippen LogP) is 1.07. The van der Waals surface area contributed by atoms with E-state index in [0.717, 1.165) is 24.4 Å². The molecule has 0 radical (unpaired) electrons. The van der Waals surface area contributed by atoms with Crippen LogP contribution in [0, 0.1) is 10.1 Å². The molecule has 0 spiro atoms. The van der Waals surface area contributed by atoms with E-state index in [2.05, 4.69) is 0 Å². The van der Waals surface area contributed by atoms with Crippen LogP contribution in [0.5, 0.6) is 0 Å². The number of ketones is 2. The number of hydrogen-bond donors (Lipinski definition) is 2. The average molecular weight is 294 g/mol. The van der Waals surface area contributed by atoms with Gasteiger partial charge in [-0.25, -0.2) is 5.06 Å². The number of carbonyl (C=O) groups excluding carboxylic acids is 2. The highest BCUT2D eigenvalue weighted by atomic mass is 19.1. The van der Waals surface area contributed by atoms with Gasteiger partial charge in [-0.3, -0.25) is 24.9 Å².